The van der Waals surface area contributed by atoms with E-state index in [1.807, 2.05) is 20.8 Å². The first-order chi connectivity index (χ1) is 11.3. The van der Waals surface area contributed by atoms with E-state index < -0.39 is 11.6 Å². The highest BCUT2D eigenvalue weighted by atomic mass is 16.6. The fourth-order valence-corrected chi connectivity index (χ4v) is 2.34. The van der Waals surface area contributed by atoms with Crippen LogP contribution in [0.25, 0.3) is 0 Å². The third kappa shape index (κ3) is 5.07. The first-order valence-corrected chi connectivity index (χ1v) is 7.93. The Kier molecular flexibility index (Phi) is 5.58. The van der Waals surface area contributed by atoms with Crippen molar-refractivity contribution in [3.8, 4) is 0 Å². The smallest absolute Gasteiger partial charge is 0.410 e. The summed E-state index contributed by atoms with van der Waals surface area (Å²) in [5.41, 5.74) is -0.177. The second-order valence-electron chi connectivity index (χ2n) is 6.67. The van der Waals surface area contributed by atoms with Crippen molar-refractivity contribution in [2.75, 3.05) is 25.5 Å². The van der Waals surface area contributed by atoms with E-state index >= 15 is 0 Å². The predicted molar refractivity (Wildman–Crippen MR) is 87.8 cm³/mol. The van der Waals surface area contributed by atoms with Crippen LogP contribution < -0.4 is 5.32 Å². The number of nitrogens with one attached hydrogen (secondary N) is 1. The first-order valence-electron chi connectivity index (χ1n) is 7.93. The van der Waals surface area contributed by atoms with Crippen molar-refractivity contribution in [3.63, 3.8) is 0 Å². The van der Waals surface area contributed by atoms with Crippen molar-refractivity contribution in [1.82, 2.24) is 14.9 Å². The Morgan fingerprint density at radius 3 is 2.29 bits per heavy atom. The quantitative estimate of drug-likeness (QED) is 0.844. The van der Waals surface area contributed by atoms with Gasteiger partial charge in [-0.1, -0.05) is 0 Å². The van der Waals surface area contributed by atoms with Crippen LogP contribution in [0.1, 0.15) is 44.0 Å². The van der Waals surface area contributed by atoms with Crippen LogP contribution in [0.5, 0.6) is 0 Å². The van der Waals surface area contributed by atoms with E-state index in [4.69, 9.17) is 4.74 Å². The second kappa shape index (κ2) is 7.46. The number of amides is 1. The molecule has 0 atom stereocenters. The van der Waals surface area contributed by atoms with Crippen LogP contribution in [0.3, 0.4) is 0 Å². The molecule has 8 heteroatoms. The molecular formula is C16H24N4O4. The van der Waals surface area contributed by atoms with E-state index in [9.17, 15) is 9.59 Å². The molecule has 132 valence electrons. The number of piperidine rings is 1. The standard InChI is InChI=1S/C16H24N4O4/c1-16(2,3)24-15(22)20-7-5-12(6-8-20)19-14-17-9-11(10-18-14)13(21)23-4/h9-10,12H,5-8H2,1-4H3,(H,17,18,19). The Morgan fingerprint density at radius 2 is 1.79 bits per heavy atom. The molecule has 1 aliphatic heterocycles. The van der Waals surface area contributed by atoms with Crippen molar-refractivity contribution in [2.45, 2.75) is 45.3 Å². The minimum absolute atomic E-state index is 0.174. The number of esters is 1. The van der Waals surface area contributed by atoms with Gasteiger partial charge in [0, 0.05) is 31.5 Å². The average Bonchev–Trinajstić information content (AvgIpc) is 2.54. The molecular weight excluding hydrogens is 312 g/mol. The number of aromatic nitrogens is 2. The van der Waals surface area contributed by atoms with E-state index in [1.54, 1.807) is 4.90 Å². The van der Waals surface area contributed by atoms with Crippen LogP contribution in [-0.4, -0.2) is 58.8 Å². The van der Waals surface area contributed by atoms with E-state index in [-0.39, 0.29) is 12.1 Å². The molecule has 0 aliphatic carbocycles. The van der Waals surface area contributed by atoms with Gasteiger partial charge < -0.3 is 19.7 Å². The third-order valence-corrected chi connectivity index (χ3v) is 3.55. The summed E-state index contributed by atoms with van der Waals surface area (Å²) in [7, 11) is 1.31. The molecule has 1 fully saturated rings. The summed E-state index contributed by atoms with van der Waals surface area (Å²) in [5, 5.41) is 3.22. The number of hydrogen-bond donors (Lipinski definition) is 1. The largest absolute Gasteiger partial charge is 0.465 e. The number of hydrogen-bond acceptors (Lipinski definition) is 7. The Morgan fingerprint density at radius 1 is 1.21 bits per heavy atom. The van der Waals surface area contributed by atoms with Gasteiger partial charge >= 0.3 is 12.1 Å². The van der Waals surface area contributed by atoms with Gasteiger partial charge in [-0.3, -0.25) is 0 Å². The fourth-order valence-electron chi connectivity index (χ4n) is 2.34. The molecule has 0 saturated carbocycles. The Labute approximate surface area is 141 Å². The maximum atomic E-state index is 12.0. The van der Waals surface area contributed by atoms with Crippen molar-refractivity contribution >= 4 is 18.0 Å². The summed E-state index contributed by atoms with van der Waals surface area (Å²) in [6, 6.07) is 0.174. The number of rotatable bonds is 3. The van der Waals surface area contributed by atoms with Crippen molar-refractivity contribution in [2.24, 2.45) is 0 Å². The van der Waals surface area contributed by atoms with Crippen molar-refractivity contribution in [1.29, 1.82) is 0 Å². The van der Waals surface area contributed by atoms with Gasteiger partial charge in [0.15, 0.2) is 0 Å². The molecule has 24 heavy (non-hydrogen) atoms. The third-order valence-electron chi connectivity index (χ3n) is 3.55. The van der Waals surface area contributed by atoms with Gasteiger partial charge in [0.25, 0.3) is 0 Å². The molecule has 1 aromatic rings. The topological polar surface area (TPSA) is 93.7 Å². The summed E-state index contributed by atoms with van der Waals surface area (Å²) in [4.78, 5) is 33.3. The zero-order chi connectivity index (χ0) is 17.7. The Hall–Kier alpha value is -2.38. The van der Waals surface area contributed by atoms with Gasteiger partial charge in [-0.2, -0.15) is 0 Å². The summed E-state index contributed by atoms with van der Waals surface area (Å²) in [6.07, 6.45) is 4.14. The van der Waals surface area contributed by atoms with Crippen LogP contribution in [0.2, 0.25) is 0 Å². The zero-order valence-corrected chi connectivity index (χ0v) is 14.5. The van der Waals surface area contributed by atoms with Crippen LogP contribution in [0.4, 0.5) is 10.7 Å². The molecule has 1 N–H and O–H groups in total. The molecule has 0 spiro atoms. The monoisotopic (exact) mass is 336 g/mol. The van der Waals surface area contributed by atoms with Gasteiger partial charge in [0.05, 0.1) is 12.7 Å². The van der Waals surface area contributed by atoms with Gasteiger partial charge in [-0.05, 0) is 33.6 Å². The summed E-state index contributed by atoms with van der Waals surface area (Å²) < 4.78 is 9.98. The van der Waals surface area contributed by atoms with E-state index in [1.165, 1.54) is 19.5 Å². The molecule has 2 rings (SSSR count). The minimum atomic E-state index is -0.485. The maximum absolute atomic E-state index is 12.0. The van der Waals surface area contributed by atoms with E-state index in [2.05, 4.69) is 20.0 Å². The molecule has 2 heterocycles. The lowest BCUT2D eigenvalue weighted by molar-refractivity contribution is 0.0210. The highest BCUT2D eigenvalue weighted by Crippen LogP contribution is 2.17. The number of carbonyl (C=O) groups excluding carboxylic acids is 2. The number of nitrogens with zero attached hydrogens (tertiary/aromatic N) is 3. The molecule has 8 nitrogen and oxygen atoms in total. The number of carbonyl (C=O) groups is 2. The zero-order valence-electron chi connectivity index (χ0n) is 14.5. The van der Waals surface area contributed by atoms with Gasteiger partial charge in [-0.25, -0.2) is 19.6 Å². The van der Waals surface area contributed by atoms with E-state index in [0.717, 1.165) is 12.8 Å². The lowest BCUT2D eigenvalue weighted by Gasteiger charge is -2.33. The first kappa shape index (κ1) is 18.0. The normalized spacial score (nSPS) is 15.8. The van der Waals surface area contributed by atoms with Crippen LogP contribution in [0, 0.1) is 0 Å². The minimum Gasteiger partial charge on any atom is -0.465 e. The van der Waals surface area contributed by atoms with Gasteiger partial charge in [0.1, 0.15) is 5.60 Å². The maximum Gasteiger partial charge on any atom is 0.410 e. The van der Waals surface area contributed by atoms with Gasteiger partial charge in [-0.15, -0.1) is 0 Å². The number of ether oxygens (including phenoxy) is 2. The SMILES string of the molecule is COC(=O)c1cnc(NC2CCN(C(=O)OC(C)(C)C)CC2)nc1. The highest BCUT2D eigenvalue weighted by molar-refractivity contribution is 5.88. The van der Waals surface area contributed by atoms with E-state index in [0.29, 0.717) is 24.6 Å². The van der Waals surface area contributed by atoms with Gasteiger partial charge in [0.2, 0.25) is 5.95 Å². The predicted octanol–water partition coefficient (Wildman–Crippen LogP) is 2.07. The summed E-state index contributed by atoms with van der Waals surface area (Å²) in [5.74, 6) is -0.00871. The number of likely N-dealkylation sites (tertiary alicyclic amines) is 1. The molecule has 0 bridgehead atoms. The molecule has 1 aromatic heterocycles. The number of methoxy groups -OCH3 is 1. The molecule has 0 radical (unpaired) electrons. The molecule has 1 aliphatic rings. The lowest BCUT2D eigenvalue weighted by Crippen LogP contribution is -2.44. The molecule has 0 unspecified atom stereocenters. The Balaban J connectivity index is 1.82. The van der Waals surface area contributed by atoms with Crippen molar-refractivity contribution in [3.05, 3.63) is 18.0 Å². The van der Waals surface area contributed by atoms with Crippen LogP contribution >= 0.6 is 0 Å². The molecule has 1 saturated heterocycles. The van der Waals surface area contributed by atoms with Crippen molar-refractivity contribution < 1.29 is 19.1 Å². The summed E-state index contributed by atoms with van der Waals surface area (Å²) >= 11 is 0. The molecule has 1 amide bonds. The average molecular weight is 336 g/mol. The highest BCUT2D eigenvalue weighted by Gasteiger charge is 2.27. The van der Waals surface area contributed by atoms with Crippen LogP contribution in [0.15, 0.2) is 12.4 Å². The second-order valence-corrected chi connectivity index (χ2v) is 6.67. The van der Waals surface area contributed by atoms with Crippen LogP contribution in [-0.2, 0) is 9.47 Å². The Bertz CT molecular complexity index is 575. The fraction of sp³-hybridized carbons (Fsp3) is 0.625. The molecule has 0 aromatic carbocycles. The lowest BCUT2D eigenvalue weighted by atomic mass is 10.1. The summed E-state index contributed by atoms with van der Waals surface area (Å²) in [6.45, 7) is 6.80. The number of anilines is 1.